The Morgan fingerprint density at radius 1 is 0.828 bits per heavy atom. The topological polar surface area (TPSA) is 15.7 Å². The molecule has 0 spiro atoms. The first-order valence-electron chi connectivity index (χ1n) is 12.3. The smallest absolute Gasteiger partial charge is 0.119 e. The highest BCUT2D eigenvalue weighted by molar-refractivity contribution is 5.28. The van der Waals surface area contributed by atoms with Gasteiger partial charge in [0.05, 0.1) is 6.61 Å². The largest absolute Gasteiger partial charge is 0.494 e. The minimum Gasteiger partial charge on any atom is -0.494 e. The summed E-state index contributed by atoms with van der Waals surface area (Å²) in [5.74, 6) is 1.91. The molecular formula is C26H46N2O. The fraction of sp³-hybridized carbons (Fsp3) is 0.769. The van der Waals surface area contributed by atoms with Crippen molar-refractivity contribution in [3.63, 3.8) is 0 Å². The van der Waals surface area contributed by atoms with Crippen LogP contribution in [0, 0.1) is 5.92 Å². The van der Waals surface area contributed by atoms with Crippen molar-refractivity contribution >= 4 is 0 Å². The number of hydrogen-bond donors (Lipinski definition) is 0. The maximum atomic E-state index is 6.02. The Morgan fingerprint density at radius 2 is 1.45 bits per heavy atom. The number of nitrogens with zero attached hydrogens (tertiary/aromatic N) is 2. The van der Waals surface area contributed by atoms with Gasteiger partial charge in [-0.2, -0.15) is 0 Å². The molecule has 1 saturated heterocycles. The second kappa shape index (κ2) is 14.8. The van der Waals surface area contributed by atoms with Crippen molar-refractivity contribution in [3.8, 4) is 5.75 Å². The van der Waals surface area contributed by atoms with Crippen LogP contribution in [-0.2, 0) is 6.54 Å². The van der Waals surface area contributed by atoms with Crippen LogP contribution < -0.4 is 4.74 Å². The van der Waals surface area contributed by atoms with Gasteiger partial charge in [-0.3, -0.25) is 4.90 Å². The highest BCUT2D eigenvalue weighted by atomic mass is 16.5. The average molecular weight is 403 g/mol. The van der Waals surface area contributed by atoms with Gasteiger partial charge in [0.25, 0.3) is 0 Å². The molecule has 0 bridgehead atoms. The fourth-order valence-corrected chi connectivity index (χ4v) is 4.08. The Bertz CT molecular complexity index is 523. The summed E-state index contributed by atoms with van der Waals surface area (Å²) in [6.45, 7) is 11.2. The Balaban J connectivity index is 1.46. The molecule has 3 heteroatoms. The molecule has 1 fully saturated rings. The van der Waals surface area contributed by atoms with Gasteiger partial charge in [0, 0.05) is 32.7 Å². The van der Waals surface area contributed by atoms with Gasteiger partial charge in [0.1, 0.15) is 5.75 Å². The highest BCUT2D eigenvalue weighted by Crippen LogP contribution is 2.17. The summed E-state index contributed by atoms with van der Waals surface area (Å²) in [4.78, 5) is 4.95. The first-order valence-corrected chi connectivity index (χ1v) is 12.3. The van der Waals surface area contributed by atoms with Crippen LogP contribution in [0.1, 0.15) is 83.6 Å². The van der Waals surface area contributed by atoms with Crippen molar-refractivity contribution in [3.05, 3.63) is 29.8 Å². The molecule has 0 atom stereocenters. The van der Waals surface area contributed by atoms with Gasteiger partial charge in [-0.1, -0.05) is 83.8 Å². The maximum Gasteiger partial charge on any atom is 0.119 e. The molecule has 1 aromatic rings. The fourth-order valence-electron chi connectivity index (χ4n) is 4.08. The lowest BCUT2D eigenvalue weighted by Crippen LogP contribution is -2.43. The number of rotatable bonds is 15. The summed E-state index contributed by atoms with van der Waals surface area (Å²) in [5.41, 5.74) is 1.38. The zero-order valence-electron chi connectivity index (χ0n) is 19.5. The summed E-state index contributed by atoms with van der Waals surface area (Å²) in [5, 5.41) is 0. The summed E-state index contributed by atoms with van der Waals surface area (Å²) >= 11 is 0. The van der Waals surface area contributed by atoms with E-state index in [1.165, 1.54) is 96.0 Å². The normalized spacial score (nSPS) is 15.9. The maximum absolute atomic E-state index is 6.02. The molecule has 1 aliphatic heterocycles. The molecule has 29 heavy (non-hydrogen) atoms. The van der Waals surface area contributed by atoms with Crippen LogP contribution in [0.25, 0.3) is 0 Å². The van der Waals surface area contributed by atoms with E-state index in [4.69, 9.17) is 4.74 Å². The zero-order chi connectivity index (χ0) is 20.7. The predicted molar refractivity (Wildman–Crippen MR) is 126 cm³/mol. The Morgan fingerprint density at radius 3 is 2.10 bits per heavy atom. The number of piperazine rings is 1. The first-order chi connectivity index (χ1) is 14.1. The second-order valence-corrected chi connectivity index (χ2v) is 9.44. The van der Waals surface area contributed by atoms with Crippen LogP contribution in [0.15, 0.2) is 24.3 Å². The van der Waals surface area contributed by atoms with Gasteiger partial charge in [0.15, 0.2) is 0 Å². The molecule has 0 aliphatic carbocycles. The first kappa shape index (κ1) is 24.2. The van der Waals surface area contributed by atoms with Crippen molar-refractivity contribution in [1.29, 1.82) is 0 Å². The molecule has 0 amide bonds. The Hall–Kier alpha value is -1.06. The summed E-state index contributed by atoms with van der Waals surface area (Å²) in [7, 11) is 2.21. The lowest BCUT2D eigenvalue weighted by Gasteiger charge is -2.32. The van der Waals surface area contributed by atoms with E-state index in [1.807, 2.05) is 0 Å². The molecule has 0 aromatic heterocycles. The molecule has 166 valence electrons. The molecule has 3 nitrogen and oxygen atoms in total. The summed E-state index contributed by atoms with van der Waals surface area (Å²) in [6, 6.07) is 8.71. The third-order valence-corrected chi connectivity index (χ3v) is 6.10. The molecule has 0 saturated carbocycles. The van der Waals surface area contributed by atoms with Gasteiger partial charge in [-0.05, 0) is 37.1 Å². The highest BCUT2D eigenvalue weighted by Gasteiger charge is 2.13. The lowest BCUT2D eigenvalue weighted by molar-refractivity contribution is 0.148. The number of unbranched alkanes of at least 4 members (excludes halogenated alkanes) is 8. The van der Waals surface area contributed by atoms with E-state index in [0.29, 0.717) is 0 Å². The van der Waals surface area contributed by atoms with Crippen molar-refractivity contribution < 1.29 is 4.74 Å². The average Bonchev–Trinajstić information content (AvgIpc) is 2.70. The summed E-state index contributed by atoms with van der Waals surface area (Å²) < 4.78 is 6.02. The van der Waals surface area contributed by atoms with Gasteiger partial charge >= 0.3 is 0 Å². The lowest BCUT2D eigenvalue weighted by atomic mass is 10.0. The molecule has 1 heterocycles. The van der Waals surface area contributed by atoms with E-state index < -0.39 is 0 Å². The van der Waals surface area contributed by atoms with Crippen molar-refractivity contribution in [2.24, 2.45) is 5.92 Å². The van der Waals surface area contributed by atoms with E-state index in [1.54, 1.807) is 0 Å². The van der Waals surface area contributed by atoms with Crippen LogP contribution in [-0.4, -0.2) is 49.6 Å². The molecule has 0 unspecified atom stereocenters. The minimum absolute atomic E-state index is 0.854. The van der Waals surface area contributed by atoms with Crippen LogP contribution in [0.2, 0.25) is 0 Å². The standard InChI is InChI=1S/C26H46N2O/c1-24(2)14-11-9-7-5-4-6-8-10-12-21-29-26-16-13-15-25(22-26)23-28-19-17-27(3)18-20-28/h13,15-16,22,24H,4-12,14,17-21,23H2,1-3H3. The van der Waals surface area contributed by atoms with Gasteiger partial charge in [0.2, 0.25) is 0 Å². The molecule has 1 aromatic carbocycles. The van der Waals surface area contributed by atoms with Crippen molar-refractivity contribution in [2.45, 2.75) is 84.6 Å². The third-order valence-electron chi connectivity index (χ3n) is 6.10. The number of ether oxygens (including phenoxy) is 1. The number of hydrogen-bond acceptors (Lipinski definition) is 3. The van der Waals surface area contributed by atoms with Crippen LogP contribution in [0.3, 0.4) is 0 Å². The van der Waals surface area contributed by atoms with E-state index in [0.717, 1.165) is 24.8 Å². The number of likely N-dealkylation sites (N-methyl/N-ethyl adjacent to an activating group) is 1. The van der Waals surface area contributed by atoms with E-state index in [9.17, 15) is 0 Å². The van der Waals surface area contributed by atoms with Crippen LogP contribution >= 0.6 is 0 Å². The minimum atomic E-state index is 0.854. The van der Waals surface area contributed by atoms with Gasteiger partial charge in [-0.15, -0.1) is 0 Å². The second-order valence-electron chi connectivity index (χ2n) is 9.44. The van der Waals surface area contributed by atoms with Crippen molar-refractivity contribution in [1.82, 2.24) is 9.80 Å². The van der Waals surface area contributed by atoms with Crippen LogP contribution in [0.4, 0.5) is 0 Å². The molecule has 2 rings (SSSR count). The van der Waals surface area contributed by atoms with E-state index >= 15 is 0 Å². The van der Waals surface area contributed by atoms with Gasteiger partial charge in [-0.25, -0.2) is 0 Å². The summed E-state index contributed by atoms with van der Waals surface area (Å²) in [6.07, 6.45) is 13.8. The molecule has 0 radical (unpaired) electrons. The monoisotopic (exact) mass is 402 g/mol. The third kappa shape index (κ3) is 11.6. The Labute approximate surface area is 180 Å². The van der Waals surface area contributed by atoms with E-state index in [-0.39, 0.29) is 0 Å². The van der Waals surface area contributed by atoms with E-state index in [2.05, 4.69) is 55.0 Å². The Kier molecular flexibility index (Phi) is 12.4. The zero-order valence-corrected chi connectivity index (χ0v) is 19.5. The molecule has 0 N–H and O–H groups in total. The van der Waals surface area contributed by atoms with Gasteiger partial charge < -0.3 is 9.64 Å². The SMILES string of the molecule is CC(C)CCCCCCCCCCCOc1cccc(CN2CCN(C)CC2)c1. The number of benzene rings is 1. The van der Waals surface area contributed by atoms with Crippen LogP contribution in [0.5, 0.6) is 5.75 Å². The quantitative estimate of drug-likeness (QED) is 0.317. The molecular weight excluding hydrogens is 356 g/mol. The predicted octanol–water partition coefficient (Wildman–Crippen LogP) is 6.37. The van der Waals surface area contributed by atoms with Crippen molar-refractivity contribution in [2.75, 3.05) is 39.8 Å². The molecule has 1 aliphatic rings.